The number of nitro benzene ring substituents is 1. The molecule has 0 bridgehead atoms. The number of nitrogens with one attached hydrogen (secondary N) is 2. The maximum atomic E-state index is 13.7. The molecule has 0 aromatic heterocycles. The maximum Gasteiger partial charge on any atom is 0.274 e. The molecule has 0 unspecified atom stereocenters. The van der Waals surface area contributed by atoms with Crippen molar-refractivity contribution < 1.29 is 26.5 Å². The summed E-state index contributed by atoms with van der Waals surface area (Å²) in [7, 11) is -4.64. The Kier molecular flexibility index (Phi) is 4.86. The number of nitro groups is 1. The van der Waals surface area contributed by atoms with Crippen molar-refractivity contribution in [1.82, 2.24) is 4.72 Å². The standard InChI is InChI=1S/C8H9F3N4O4S/c9-5-1-4(15(16)17)2-6(14-12)8(5)20(18,19)13-3-7(10)11/h1-2,7,13-14H,3,12H2. The second kappa shape index (κ2) is 6.02. The summed E-state index contributed by atoms with van der Waals surface area (Å²) in [5.41, 5.74) is 0.401. The number of benzene rings is 1. The molecule has 12 heteroatoms. The van der Waals surface area contributed by atoms with Gasteiger partial charge in [-0.25, -0.2) is 26.3 Å². The molecule has 0 saturated heterocycles. The second-order valence-electron chi connectivity index (χ2n) is 3.45. The molecule has 0 fully saturated rings. The van der Waals surface area contributed by atoms with Crippen LogP contribution in [0.5, 0.6) is 0 Å². The predicted molar refractivity (Wildman–Crippen MR) is 62.1 cm³/mol. The maximum absolute atomic E-state index is 13.7. The van der Waals surface area contributed by atoms with Gasteiger partial charge in [-0.05, 0) is 0 Å². The van der Waals surface area contributed by atoms with Gasteiger partial charge in [0.15, 0.2) is 5.82 Å². The van der Waals surface area contributed by atoms with Crippen molar-refractivity contribution in [3.8, 4) is 0 Å². The van der Waals surface area contributed by atoms with Crippen LogP contribution in [-0.2, 0) is 10.0 Å². The van der Waals surface area contributed by atoms with Crippen LogP contribution in [0.25, 0.3) is 0 Å². The first-order valence-electron chi connectivity index (χ1n) is 4.91. The molecule has 112 valence electrons. The van der Waals surface area contributed by atoms with E-state index >= 15 is 0 Å². The third-order valence-corrected chi connectivity index (χ3v) is 3.59. The molecule has 1 aromatic carbocycles. The molecule has 0 aliphatic heterocycles. The van der Waals surface area contributed by atoms with Crippen LogP contribution in [0.1, 0.15) is 0 Å². The smallest absolute Gasteiger partial charge is 0.274 e. The van der Waals surface area contributed by atoms with Gasteiger partial charge in [-0.2, -0.15) is 0 Å². The summed E-state index contributed by atoms with van der Waals surface area (Å²) < 4.78 is 62.4. The fraction of sp³-hybridized carbons (Fsp3) is 0.250. The lowest BCUT2D eigenvalue weighted by molar-refractivity contribution is -0.385. The predicted octanol–water partition coefficient (Wildman–Crippen LogP) is 0.563. The normalized spacial score (nSPS) is 11.7. The Hall–Kier alpha value is -1.92. The zero-order valence-electron chi connectivity index (χ0n) is 9.64. The minimum atomic E-state index is -4.64. The van der Waals surface area contributed by atoms with Crippen LogP contribution in [0, 0.1) is 15.9 Å². The first kappa shape index (κ1) is 16.1. The summed E-state index contributed by atoms with van der Waals surface area (Å²) in [6, 6.07) is 1.01. The zero-order chi connectivity index (χ0) is 15.5. The molecule has 1 rings (SSSR count). The summed E-state index contributed by atoms with van der Waals surface area (Å²) in [5, 5.41) is 10.5. The van der Waals surface area contributed by atoms with Gasteiger partial charge < -0.3 is 5.43 Å². The van der Waals surface area contributed by atoms with Gasteiger partial charge >= 0.3 is 0 Å². The number of sulfonamides is 1. The number of halogens is 3. The lowest BCUT2D eigenvalue weighted by Gasteiger charge is -2.11. The Morgan fingerprint density at radius 2 is 2.00 bits per heavy atom. The Morgan fingerprint density at radius 1 is 1.40 bits per heavy atom. The topological polar surface area (TPSA) is 127 Å². The number of nitrogens with two attached hydrogens (primary N) is 1. The molecule has 8 nitrogen and oxygen atoms in total. The SMILES string of the molecule is NNc1cc([N+](=O)[O-])cc(F)c1S(=O)(=O)NCC(F)F. The summed E-state index contributed by atoms with van der Waals surface area (Å²) in [5.74, 6) is 3.47. The van der Waals surface area contributed by atoms with Gasteiger partial charge in [-0.15, -0.1) is 0 Å². The van der Waals surface area contributed by atoms with E-state index in [1.807, 2.05) is 0 Å². The molecule has 0 radical (unpaired) electrons. The lowest BCUT2D eigenvalue weighted by atomic mass is 10.3. The van der Waals surface area contributed by atoms with E-state index in [9.17, 15) is 31.7 Å². The van der Waals surface area contributed by atoms with Crippen LogP contribution >= 0.6 is 0 Å². The molecule has 0 heterocycles. The van der Waals surface area contributed by atoms with Gasteiger partial charge in [0, 0.05) is 6.07 Å². The van der Waals surface area contributed by atoms with E-state index in [1.165, 1.54) is 4.72 Å². The monoisotopic (exact) mass is 314 g/mol. The second-order valence-corrected chi connectivity index (χ2v) is 5.15. The van der Waals surface area contributed by atoms with E-state index in [4.69, 9.17) is 5.84 Å². The fourth-order valence-corrected chi connectivity index (χ4v) is 2.52. The van der Waals surface area contributed by atoms with E-state index in [-0.39, 0.29) is 0 Å². The molecule has 4 N–H and O–H groups in total. The third kappa shape index (κ3) is 3.55. The van der Waals surface area contributed by atoms with Crippen molar-refractivity contribution in [2.75, 3.05) is 12.0 Å². The molecule has 20 heavy (non-hydrogen) atoms. The van der Waals surface area contributed by atoms with E-state index < -0.39 is 50.0 Å². The van der Waals surface area contributed by atoms with Crippen molar-refractivity contribution >= 4 is 21.4 Å². The molecule has 0 amide bonds. The van der Waals surface area contributed by atoms with Crippen molar-refractivity contribution in [2.45, 2.75) is 11.3 Å². The van der Waals surface area contributed by atoms with Gasteiger partial charge in [-0.1, -0.05) is 0 Å². The molecule has 0 saturated carbocycles. The zero-order valence-corrected chi connectivity index (χ0v) is 10.5. The summed E-state index contributed by atoms with van der Waals surface area (Å²) >= 11 is 0. The summed E-state index contributed by atoms with van der Waals surface area (Å²) in [6.45, 7) is -1.23. The Bertz CT molecular complexity index is 622. The average Bonchev–Trinajstić information content (AvgIpc) is 2.34. The van der Waals surface area contributed by atoms with Gasteiger partial charge in [0.25, 0.3) is 12.1 Å². The number of hydrazine groups is 1. The Balaban J connectivity index is 3.34. The first-order chi connectivity index (χ1) is 9.19. The quantitative estimate of drug-likeness (QED) is 0.400. The highest BCUT2D eigenvalue weighted by molar-refractivity contribution is 7.89. The van der Waals surface area contributed by atoms with Crippen LogP contribution in [-0.4, -0.2) is 26.3 Å². The van der Waals surface area contributed by atoms with Crippen LogP contribution in [0.4, 0.5) is 24.5 Å². The number of hydrogen-bond acceptors (Lipinski definition) is 6. The van der Waals surface area contributed by atoms with E-state index in [2.05, 4.69) is 0 Å². The van der Waals surface area contributed by atoms with Crippen LogP contribution < -0.4 is 16.0 Å². The number of nitrogen functional groups attached to an aromatic ring is 1. The molecular weight excluding hydrogens is 305 g/mol. The van der Waals surface area contributed by atoms with Gasteiger partial charge in [0.2, 0.25) is 10.0 Å². The lowest BCUT2D eigenvalue weighted by Crippen LogP contribution is -2.30. The number of anilines is 1. The van der Waals surface area contributed by atoms with Crippen molar-refractivity contribution in [3.63, 3.8) is 0 Å². The highest BCUT2D eigenvalue weighted by atomic mass is 32.2. The van der Waals surface area contributed by atoms with Crippen LogP contribution in [0.15, 0.2) is 17.0 Å². The number of hydrogen-bond donors (Lipinski definition) is 3. The largest absolute Gasteiger partial charge is 0.323 e. The average molecular weight is 314 g/mol. The molecule has 0 aliphatic carbocycles. The van der Waals surface area contributed by atoms with E-state index in [0.29, 0.717) is 12.1 Å². The van der Waals surface area contributed by atoms with E-state index in [1.54, 1.807) is 5.43 Å². The molecule has 0 atom stereocenters. The third-order valence-electron chi connectivity index (χ3n) is 2.09. The van der Waals surface area contributed by atoms with Crippen molar-refractivity contribution in [3.05, 3.63) is 28.1 Å². The Morgan fingerprint density at radius 3 is 2.45 bits per heavy atom. The van der Waals surface area contributed by atoms with Gasteiger partial charge in [-0.3, -0.25) is 16.0 Å². The van der Waals surface area contributed by atoms with Crippen molar-refractivity contribution in [2.24, 2.45) is 5.84 Å². The Labute approximate surface area is 110 Å². The molecule has 0 spiro atoms. The highest BCUT2D eigenvalue weighted by Crippen LogP contribution is 2.29. The minimum absolute atomic E-state index is 0.345. The summed E-state index contributed by atoms with van der Waals surface area (Å²) in [6.07, 6.45) is -2.99. The number of alkyl halides is 2. The highest BCUT2D eigenvalue weighted by Gasteiger charge is 2.27. The van der Waals surface area contributed by atoms with Crippen LogP contribution in [0.2, 0.25) is 0 Å². The molecule has 0 aliphatic rings. The van der Waals surface area contributed by atoms with Gasteiger partial charge in [0.1, 0.15) is 4.90 Å². The first-order valence-corrected chi connectivity index (χ1v) is 6.39. The summed E-state index contributed by atoms with van der Waals surface area (Å²) in [4.78, 5) is 8.46. The molecule has 1 aromatic rings. The minimum Gasteiger partial charge on any atom is -0.323 e. The molecular formula is C8H9F3N4O4S. The number of non-ortho nitro benzene ring substituents is 1. The van der Waals surface area contributed by atoms with E-state index in [0.717, 1.165) is 0 Å². The fourth-order valence-electron chi connectivity index (χ4n) is 1.31. The van der Waals surface area contributed by atoms with Crippen LogP contribution in [0.3, 0.4) is 0 Å². The van der Waals surface area contributed by atoms with Crippen molar-refractivity contribution in [1.29, 1.82) is 0 Å². The van der Waals surface area contributed by atoms with Gasteiger partial charge in [0.05, 0.1) is 23.2 Å². The number of nitrogens with zero attached hydrogens (tertiary/aromatic N) is 1. The number of rotatable bonds is 6.